The molecule has 0 unspecified atom stereocenters. The second-order valence-corrected chi connectivity index (χ2v) is 5.11. The van der Waals surface area contributed by atoms with Crippen molar-refractivity contribution in [3.05, 3.63) is 27.3 Å². The minimum Gasteiger partial charge on any atom is -0.482 e. The number of nitrogens with one attached hydrogen (secondary N) is 1. The van der Waals surface area contributed by atoms with Gasteiger partial charge < -0.3 is 15.2 Å². The van der Waals surface area contributed by atoms with E-state index in [0.717, 1.165) is 3.57 Å². The third-order valence-electron chi connectivity index (χ3n) is 1.96. The fraction of sp³-hybridized carbons (Fsp3) is 0.333. The van der Waals surface area contributed by atoms with Gasteiger partial charge in [0.25, 0.3) is 5.91 Å². The van der Waals surface area contributed by atoms with Gasteiger partial charge in [-0.1, -0.05) is 0 Å². The lowest BCUT2D eigenvalue weighted by atomic mass is 10.2. The Kier molecular flexibility index (Phi) is 5.39. The lowest BCUT2D eigenvalue weighted by Gasteiger charge is -2.11. The number of halogens is 1. The Morgan fingerprint density at radius 2 is 2.11 bits per heavy atom. The molecule has 0 saturated heterocycles. The molecule has 0 aromatic heterocycles. The molecule has 1 aromatic carbocycles. The van der Waals surface area contributed by atoms with Gasteiger partial charge in [0.2, 0.25) is 0 Å². The number of ether oxygens (including phenoxy) is 1. The summed E-state index contributed by atoms with van der Waals surface area (Å²) in [7, 11) is 0. The van der Waals surface area contributed by atoms with Gasteiger partial charge in [0.15, 0.2) is 6.61 Å². The normalized spacial score (nSPS) is 10.2. The monoisotopic (exact) mass is 363 g/mol. The van der Waals surface area contributed by atoms with Gasteiger partial charge in [-0.15, -0.1) is 0 Å². The van der Waals surface area contributed by atoms with Crippen LogP contribution in [0, 0.1) is 3.57 Å². The highest BCUT2D eigenvalue weighted by Crippen LogP contribution is 2.19. The van der Waals surface area contributed by atoms with Gasteiger partial charge in [0, 0.05) is 9.61 Å². The van der Waals surface area contributed by atoms with E-state index in [1.54, 1.807) is 18.2 Å². The number of carboxylic acid groups (broad SMARTS) is 1. The second kappa shape index (κ2) is 6.58. The second-order valence-electron chi connectivity index (χ2n) is 3.95. The number of amides is 1. The molecule has 6 heteroatoms. The van der Waals surface area contributed by atoms with Gasteiger partial charge in [-0.25, -0.2) is 4.79 Å². The average molecular weight is 363 g/mol. The third-order valence-corrected chi connectivity index (χ3v) is 2.91. The minimum absolute atomic E-state index is 0.0388. The molecule has 1 rings (SSSR count). The molecule has 0 saturated carbocycles. The van der Waals surface area contributed by atoms with Crippen LogP contribution in [0.5, 0.6) is 5.75 Å². The summed E-state index contributed by atoms with van der Waals surface area (Å²) in [6, 6.07) is 4.93. The SMILES string of the molecule is CC(C)NC(=O)c1cc(OCC(=O)O)ccc1I. The van der Waals surface area contributed by atoms with E-state index in [1.807, 2.05) is 36.4 Å². The molecule has 0 atom stereocenters. The molecule has 0 spiro atoms. The van der Waals surface area contributed by atoms with Crippen molar-refractivity contribution >= 4 is 34.5 Å². The molecular formula is C12H14INO4. The van der Waals surface area contributed by atoms with E-state index in [9.17, 15) is 9.59 Å². The number of rotatable bonds is 5. The summed E-state index contributed by atoms with van der Waals surface area (Å²) in [5.41, 5.74) is 0.479. The predicted molar refractivity (Wildman–Crippen MR) is 74.9 cm³/mol. The van der Waals surface area contributed by atoms with Crippen molar-refractivity contribution in [1.29, 1.82) is 0 Å². The van der Waals surface area contributed by atoms with Gasteiger partial charge in [-0.05, 0) is 54.6 Å². The first kappa shape index (κ1) is 14.7. The average Bonchev–Trinajstić information content (AvgIpc) is 2.26. The van der Waals surface area contributed by atoms with E-state index in [0.29, 0.717) is 11.3 Å². The Hall–Kier alpha value is -1.31. The number of hydrogen-bond donors (Lipinski definition) is 2. The van der Waals surface area contributed by atoms with Crippen molar-refractivity contribution in [3.63, 3.8) is 0 Å². The molecule has 1 amide bonds. The van der Waals surface area contributed by atoms with Crippen LogP contribution in [-0.4, -0.2) is 29.6 Å². The molecular weight excluding hydrogens is 349 g/mol. The predicted octanol–water partition coefficient (Wildman–Crippen LogP) is 1.89. The molecule has 0 aliphatic heterocycles. The number of carboxylic acids is 1. The number of benzene rings is 1. The molecule has 0 bridgehead atoms. The van der Waals surface area contributed by atoms with Crippen LogP contribution in [0.25, 0.3) is 0 Å². The zero-order valence-electron chi connectivity index (χ0n) is 10.1. The Balaban J connectivity index is 2.87. The maximum Gasteiger partial charge on any atom is 0.341 e. The Labute approximate surface area is 119 Å². The van der Waals surface area contributed by atoms with Crippen LogP contribution in [0.15, 0.2) is 18.2 Å². The summed E-state index contributed by atoms with van der Waals surface area (Å²) in [5, 5.41) is 11.3. The lowest BCUT2D eigenvalue weighted by molar-refractivity contribution is -0.139. The number of hydrogen-bond acceptors (Lipinski definition) is 3. The highest BCUT2D eigenvalue weighted by molar-refractivity contribution is 14.1. The Bertz CT molecular complexity index is 459. The quantitative estimate of drug-likeness (QED) is 0.784. The number of carbonyl (C=O) groups excluding carboxylic acids is 1. The maximum atomic E-state index is 11.9. The van der Waals surface area contributed by atoms with Crippen LogP contribution >= 0.6 is 22.6 Å². The summed E-state index contributed by atoms with van der Waals surface area (Å²) in [5.74, 6) is -0.886. The summed E-state index contributed by atoms with van der Waals surface area (Å²) < 4.78 is 5.82. The highest BCUT2D eigenvalue weighted by atomic mass is 127. The number of aliphatic carboxylic acids is 1. The topological polar surface area (TPSA) is 75.6 Å². The van der Waals surface area contributed by atoms with E-state index in [1.165, 1.54) is 0 Å². The summed E-state index contributed by atoms with van der Waals surface area (Å²) in [4.78, 5) is 22.3. The van der Waals surface area contributed by atoms with E-state index in [4.69, 9.17) is 9.84 Å². The lowest BCUT2D eigenvalue weighted by Crippen LogP contribution is -2.30. The maximum absolute atomic E-state index is 11.9. The van der Waals surface area contributed by atoms with Crippen LogP contribution in [0.1, 0.15) is 24.2 Å². The van der Waals surface area contributed by atoms with Crippen LogP contribution in [-0.2, 0) is 4.79 Å². The molecule has 0 heterocycles. The highest BCUT2D eigenvalue weighted by Gasteiger charge is 2.12. The molecule has 2 N–H and O–H groups in total. The van der Waals surface area contributed by atoms with Gasteiger partial charge in [0.1, 0.15) is 5.75 Å². The van der Waals surface area contributed by atoms with Crippen molar-refractivity contribution in [2.75, 3.05) is 6.61 Å². The van der Waals surface area contributed by atoms with Crippen molar-refractivity contribution in [1.82, 2.24) is 5.32 Å². The summed E-state index contributed by atoms with van der Waals surface area (Å²) in [6.45, 7) is 3.32. The fourth-order valence-electron chi connectivity index (χ4n) is 1.25. The first-order valence-corrected chi connectivity index (χ1v) is 6.43. The molecule has 0 radical (unpaired) electrons. The molecule has 18 heavy (non-hydrogen) atoms. The zero-order chi connectivity index (χ0) is 13.7. The van der Waals surface area contributed by atoms with Crippen molar-refractivity contribution in [3.8, 4) is 5.75 Å². The molecule has 0 aliphatic rings. The van der Waals surface area contributed by atoms with Crippen LogP contribution < -0.4 is 10.1 Å². The van der Waals surface area contributed by atoms with Crippen molar-refractivity contribution < 1.29 is 19.4 Å². The van der Waals surface area contributed by atoms with Crippen LogP contribution in [0.4, 0.5) is 0 Å². The molecule has 5 nitrogen and oxygen atoms in total. The van der Waals surface area contributed by atoms with E-state index >= 15 is 0 Å². The standard InChI is InChI=1S/C12H14INO4/c1-7(2)14-12(17)9-5-8(3-4-10(9)13)18-6-11(15)16/h3-5,7H,6H2,1-2H3,(H,14,17)(H,15,16). The Morgan fingerprint density at radius 1 is 1.44 bits per heavy atom. The number of carbonyl (C=O) groups is 2. The van der Waals surface area contributed by atoms with Gasteiger partial charge >= 0.3 is 5.97 Å². The first-order valence-electron chi connectivity index (χ1n) is 5.35. The molecule has 0 fully saturated rings. The summed E-state index contributed by atoms with van der Waals surface area (Å²) in [6.07, 6.45) is 0. The van der Waals surface area contributed by atoms with E-state index in [2.05, 4.69) is 5.32 Å². The molecule has 1 aromatic rings. The van der Waals surface area contributed by atoms with Gasteiger partial charge in [-0.3, -0.25) is 4.79 Å². The third kappa shape index (κ3) is 4.52. The molecule has 98 valence electrons. The minimum atomic E-state index is -1.05. The van der Waals surface area contributed by atoms with E-state index < -0.39 is 12.6 Å². The van der Waals surface area contributed by atoms with E-state index in [-0.39, 0.29) is 11.9 Å². The largest absolute Gasteiger partial charge is 0.482 e. The Morgan fingerprint density at radius 3 is 2.67 bits per heavy atom. The van der Waals surface area contributed by atoms with Crippen LogP contribution in [0.2, 0.25) is 0 Å². The zero-order valence-corrected chi connectivity index (χ0v) is 12.2. The van der Waals surface area contributed by atoms with Gasteiger partial charge in [-0.2, -0.15) is 0 Å². The van der Waals surface area contributed by atoms with Gasteiger partial charge in [0.05, 0.1) is 5.56 Å². The smallest absolute Gasteiger partial charge is 0.341 e. The first-order chi connectivity index (χ1) is 8.40. The fourth-order valence-corrected chi connectivity index (χ4v) is 1.83. The van der Waals surface area contributed by atoms with Crippen molar-refractivity contribution in [2.45, 2.75) is 19.9 Å². The molecule has 0 aliphatic carbocycles. The summed E-state index contributed by atoms with van der Waals surface area (Å²) >= 11 is 2.05. The van der Waals surface area contributed by atoms with Crippen molar-refractivity contribution in [2.24, 2.45) is 0 Å². The van der Waals surface area contributed by atoms with Crippen LogP contribution in [0.3, 0.4) is 0 Å².